The number of anilines is 2. The second-order valence-corrected chi connectivity index (χ2v) is 3.86. The minimum atomic E-state index is -0.566. The molecule has 0 saturated carbocycles. The van der Waals surface area contributed by atoms with Crippen LogP contribution in [0.25, 0.3) is 0 Å². The number of hydrogen-bond donors (Lipinski definition) is 4. The summed E-state index contributed by atoms with van der Waals surface area (Å²) in [4.78, 5) is 29.8. The third-order valence-corrected chi connectivity index (χ3v) is 2.40. The van der Waals surface area contributed by atoms with Crippen molar-refractivity contribution in [3.63, 3.8) is 0 Å². The molecule has 17 heavy (non-hydrogen) atoms. The Kier molecular flexibility index (Phi) is 4.52. The first kappa shape index (κ1) is 13.0. The number of carbonyl (C=O) groups excluding carboxylic acids is 2. The summed E-state index contributed by atoms with van der Waals surface area (Å²) >= 11 is 1.04. The molecule has 0 atom stereocenters. The van der Waals surface area contributed by atoms with Crippen LogP contribution in [0.4, 0.5) is 16.4 Å². The van der Waals surface area contributed by atoms with Crippen molar-refractivity contribution < 1.29 is 9.59 Å². The van der Waals surface area contributed by atoms with Gasteiger partial charge in [-0.25, -0.2) is 14.8 Å². The van der Waals surface area contributed by atoms with E-state index in [9.17, 15) is 9.59 Å². The molecule has 8 nitrogen and oxygen atoms in total. The molecular weight excluding hydrogens is 244 g/mol. The maximum absolute atomic E-state index is 11.2. The summed E-state index contributed by atoms with van der Waals surface area (Å²) in [7, 11) is 1.41. The molecule has 1 aromatic heterocycles. The number of hydrogen-bond acceptors (Lipinski definition) is 7. The molecule has 0 aliphatic heterocycles. The van der Waals surface area contributed by atoms with E-state index >= 15 is 0 Å². The van der Waals surface area contributed by atoms with Crippen LogP contribution >= 0.6 is 11.8 Å². The van der Waals surface area contributed by atoms with Crippen molar-refractivity contribution in [2.75, 3.05) is 24.3 Å². The van der Waals surface area contributed by atoms with Crippen molar-refractivity contribution in [2.24, 2.45) is 0 Å². The molecular formula is C8H12N6O2S. The Hall–Kier alpha value is -2.03. The van der Waals surface area contributed by atoms with Crippen molar-refractivity contribution >= 4 is 35.3 Å². The molecule has 0 bridgehead atoms. The summed E-state index contributed by atoms with van der Waals surface area (Å²) in [5.74, 6) is -0.00610. The quantitative estimate of drug-likeness (QED) is 0.410. The van der Waals surface area contributed by atoms with Gasteiger partial charge in [0.15, 0.2) is 5.16 Å². The number of carbonyl (C=O) groups is 2. The Morgan fingerprint density at radius 1 is 1.35 bits per heavy atom. The highest BCUT2D eigenvalue weighted by atomic mass is 32.2. The molecule has 0 fully saturated rings. The van der Waals surface area contributed by atoms with Crippen LogP contribution in [0.1, 0.15) is 0 Å². The Balaban J connectivity index is 2.50. The topological polar surface area (TPSA) is 136 Å². The number of nitrogens with zero attached hydrogens (tertiary/aromatic N) is 2. The minimum Gasteiger partial charge on any atom is -0.383 e. The van der Waals surface area contributed by atoms with Gasteiger partial charge in [0, 0.05) is 13.1 Å². The molecule has 0 aliphatic carbocycles. The van der Waals surface area contributed by atoms with E-state index in [1.54, 1.807) is 0 Å². The van der Waals surface area contributed by atoms with Crippen molar-refractivity contribution in [3.8, 4) is 0 Å². The summed E-state index contributed by atoms with van der Waals surface area (Å²) in [5, 5.41) is 4.65. The predicted octanol–water partition coefficient (Wildman–Crippen LogP) is -0.811. The third kappa shape index (κ3) is 4.55. The summed E-state index contributed by atoms with van der Waals surface area (Å²) < 4.78 is 0. The zero-order valence-corrected chi connectivity index (χ0v) is 9.87. The highest BCUT2D eigenvalue weighted by Gasteiger charge is 2.08. The molecule has 0 unspecified atom stereocenters. The summed E-state index contributed by atoms with van der Waals surface area (Å²) in [6, 6.07) is 0.845. The van der Waals surface area contributed by atoms with Gasteiger partial charge in [-0.05, 0) is 0 Å². The van der Waals surface area contributed by atoms with Gasteiger partial charge in [0.05, 0.1) is 5.75 Å². The van der Waals surface area contributed by atoms with Crippen molar-refractivity contribution in [1.29, 1.82) is 0 Å². The molecule has 1 heterocycles. The van der Waals surface area contributed by atoms with Gasteiger partial charge >= 0.3 is 6.03 Å². The average molecular weight is 256 g/mol. The van der Waals surface area contributed by atoms with Crippen molar-refractivity contribution in [3.05, 3.63) is 6.07 Å². The maximum atomic E-state index is 11.2. The highest BCUT2D eigenvalue weighted by molar-refractivity contribution is 7.99. The number of rotatable bonds is 3. The maximum Gasteiger partial charge on any atom is 0.321 e. The first-order valence-corrected chi connectivity index (χ1v) is 5.54. The second-order valence-electron chi connectivity index (χ2n) is 2.92. The first-order chi connectivity index (χ1) is 8.01. The van der Waals surface area contributed by atoms with Gasteiger partial charge in [0.1, 0.15) is 11.6 Å². The molecule has 0 aliphatic rings. The Morgan fingerprint density at radius 2 is 1.94 bits per heavy atom. The van der Waals surface area contributed by atoms with Gasteiger partial charge in [-0.3, -0.25) is 10.1 Å². The summed E-state index contributed by atoms with van der Waals surface area (Å²) in [5.41, 5.74) is 10.9. The fourth-order valence-corrected chi connectivity index (χ4v) is 1.55. The number of nitrogens with one attached hydrogen (secondary N) is 2. The number of imide groups is 1. The molecule has 6 N–H and O–H groups in total. The van der Waals surface area contributed by atoms with E-state index in [0.717, 1.165) is 11.8 Å². The highest BCUT2D eigenvalue weighted by Crippen LogP contribution is 2.15. The van der Waals surface area contributed by atoms with Gasteiger partial charge in [-0.1, -0.05) is 11.8 Å². The van der Waals surface area contributed by atoms with Crippen LogP contribution in [0.2, 0.25) is 0 Å². The van der Waals surface area contributed by atoms with E-state index in [2.05, 4.69) is 20.6 Å². The molecule has 0 saturated heterocycles. The predicted molar refractivity (Wildman–Crippen MR) is 64.2 cm³/mol. The molecule has 0 radical (unpaired) electrons. The molecule has 3 amide bonds. The van der Waals surface area contributed by atoms with E-state index < -0.39 is 11.9 Å². The van der Waals surface area contributed by atoms with E-state index in [0.29, 0.717) is 0 Å². The number of amides is 3. The van der Waals surface area contributed by atoms with E-state index in [1.807, 2.05) is 0 Å². The number of nitrogens with two attached hydrogens (primary N) is 2. The number of urea groups is 1. The fraction of sp³-hybridized carbons (Fsp3) is 0.250. The molecule has 1 rings (SSSR count). The lowest BCUT2D eigenvalue weighted by Crippen LogP contribution is -2.38. The van der Waals surface area contributed by atoms with Gasteiger partial charge in [-0.2, -0.15) is 0 Å². The van der Waals surface area contributed by atoms with Crippen LogP contribution in [0.3, 0.4) is 0 Å². The van der Waals surface area contributed by atoms with Crippen LogP contribution in [0.5, 0.6) is 0 Å². The van der Waals surface area contributed by atoms with Gasteiger partial charge in [-0.15, -0.1) is 0 Å². The lowest BCUT2D eigenvalue weighted by atomic mass is 10.5. The van der Waals surface area contributed by atoms with E-state index in [4.69, 9.17) is 11.5 Å². The van der Waals surface area contributed by atoms with Crippen molar-refractivity contribution in [1.82, 2.24) is 20.6 Å². The second kappa shape index (κ2) is 5.89. The fourth-order valence-electron chi connectivity index (χ4n) is 0.882. The number of aromatic nitrogens is 2. The molecule has 92 valence electrons. The number of nitrogen functional groups attached to an aromatic ring is 2. The summed E-state index contributed by atoms with van der Waals surface area (Å²) in [6.07, 6.45) is 0. The van der Waals surface area contributed by atoms with Crippen LogP contribution in [-0.4, -0.2) is 34.7 Å². The van der Waals surface area contributed by atoms with Gasteiger partial charge in [0.25, 0.3) is 0 Å². The minimum absolute atomic E-state index is 0.00366. The normalized spacial score (nSPS) is 9.71. The van der Waals surface area contributed by atoms with Crippen LogP contribution in [0.15, 0.2) is 11.2 Å². The van der Waals surface area contributed by atoms with Crippen LogP contribution in [-0.2, 0) is 4.79 Å². The Bertz CT molecular complexity index is 418. The Labute approximate surface area is 102 Å². The number of thioether (sulfide) groups is 1. The average Bonchev–Trinajstić information content (AvgIpc) is 2.25. The zero-order chi connectivity index (χ0) is 12.8. The standard InChI is InChI=1S/C8H12N6O2S/c1-11-7(16)14-6(15)3-17-8-12-4(9)2-5(10)13-8/h2H,3H2,1H3,(H4,9,10,12,13)(H2,11,14,15,16). The van der Waals surface area contributed by atoms with Crippen LogP contribution in [0, 0.1) is 0 Å². The van der Waals surface area contributed by atoms with E-state index in [1.165, 1.54) is 13.1 Å². The van der Waals surface area contributed by atoms with Crippen molar-refractivity contribution in [2.45, 2.75) is 5.16 Å². The van der Waals surface area contributed by atoms with Gasteiger partial charge < -0.3 is 16.8 Å². The molecule has 0 spiro atoms. The molecule has 1 aromatic rings. The monoisotopic (exact) mass is 256 g/mol. The smallest absolute Gasteiger partial charge is 0.321 e. The first-order valence-electron chi connectivity index (χ1n) is 4.55. The van der Waals surface area contributed by atoms with Gasteiger partial charge in [0.2, 0.25) is 5.91 Å². The third-order valence-electron chi connectivity index (χ3n) is 1.56. The SMILES string of the molecule is CNC(=O)NC(=O)CSc1nc(N)cc(N)n1. The molecule has 0 aromatic carbocycles. The summed E-state index contributed by atoms with van der Waals surface area (Å²) in [6.45, 7) is 0. The largest absolute Gasteiger partial charge is 0.383 e. The Morgan fingerprint density at radius 3 is 2.47 bits per heavy atom. The lowest BCUT2D eigenvalue weighted by Gasteiger charge is -2.03. The zero-order valence-electron chi connectivity index (χ0n) is 9.06. The van der Waals surface area contributed by atoms with E-state index in [-0.39, 0.29) is 22.5 Å². The lowest BCUT2D eigenvalue weighted by molar-refractivity contribution is -0.117. The van der Waals surface area contributed by atoms with Crippen LogP contribution < -0.4 is 22.1 Å². The molecule has 9 heteroatoms.